The lowest BCUT2D eigenvalue weighted by Gasteiger charge is -2.04. The van der Waals surface area contributed by atoms with E-state index in [0.717, 1.165) is 0 Å². The van der Waals surface area contributed by atoms with Gasteiger partial charge in [-0.2, -0.15) is 0 Å². The smallest absolute Gasteiger partial charge is 0.334 e. The van der Waals surface area contributed by atoms with Crippen molar-refractivity contribution in [2.75, 3.05) is 6.61 Å². The van der Waals surface area contributed by atoms with Gasteiger partial charge in [0.25, 0.3) is 0 Å². The molecule has 1 N–H and O–H groups in total. The van der Waals surface area contributed by atoms with Crippen LogP contribution in [0.1, 0.15) is 13.8 Å². The Labute approximate surface area is 53.9 Å². The van der Waals surface area contributed by atoms with Gasteiger partial charge in [0.2, 0.25) is 0 Å². The van der Waals surface area contributed by atoms with Crippen molar-refractivity contribution in [3.8, 4) is 0 Å². The molecule has 0 saturated carbocycles. The van der Waals surface area contributed by atoms with Gasteiger partial charge in [-0.15, -0.1) is 5.90 Å². The molecule has 0 fully saturated rings. The number of carbonyl (C=O) groups is 1. The fraction of sp³-hybridized carbons (Fsp3) is 0.800. The summed E-state index contributed by atoms with van der Waals surface area (Å²) in [5, 5.41) is 0. The Morgan fingerprint density at radius 2 is 2.22 bits per heavy atom. The Morgan fingerprint density at radius 3 is 2.56 bits per heavy atom. The zero-order valence-electron chi connectivity index (χ0n) is 5.51. The van der Waals surface area contributed by atoms with E-state index in [0.29, 0.717) is 0 Å². The molecule has 0 aliphatic carbocycles. The highest BCUT2D eigenvalue weighted by molar-refractivity contribution is 5.70. The third kappa shape index (κ3) is 5.26. The molecule has 0 aromatic heterocycles. The van der Waals surface area contributed by atoms with Crippen LogP contribution in [0.5, 0.6) is 0 Å². The molecule has 1 radical (unpaired) electrons. The van der Waals surface area contributed by atoms with Crippen LogP contribution in [0.2, 0.25) is 0 Å². The zero-order chi connectivity index (χ0) is 7.28. The number of nitrogens with one attached hydrogen (secondary N) is 1. The van der Waals surface area contributed by atoms with Gasteiger partial charge in [0.1, 0.15) is 0 Å². The van der Waals surface area contributed by atoms with E-state index in [1.165, 1.54) is 0 Å². The minimum Gasteiger partial charge on any atom is -0.461 e. The van der Waals surface area contributed by atoms with E-state index in [-0.39, 0.29) is 12.7 Å². The summed E-state index contributed by atoms with van der Waals surface area (Å²) >= 11 is 0. The van der Waals surface area contributed by atoms with E-state index in [1.807, 2.05) is 0 Å². The second-order valence-corrected chi connectivity index (χ2v) is 1.83. The molecule has 0 atom stereocenters. The largest absolute Gasteiger partial charge is 0.461 e. The number of rotatable bonds is 3. The highest BCUT2D eigenvalue weighted by Crippen LogP contribution is 1.87. The lowest BCUT2D eigenvalue weighted by molar-refractivity contribution is -0.153. The van der Waals surface area contributed by atoms with Gasteiger partial charge in [0.05, 0.1) is 6.10 Å². The number of ether oxygens (including phenoxy) is 1. The van der Waals surface area contributed by atoms with Gasteiger partial charge in [-0.05, 0) is 13.8 Å². The SMILES string of the molecule is CC(C)OC(=O)CO[NH]. The molecule has 0 aromatic rings. The monoisotopic (exact) mass is 132 g/mol. The molecule has 4 heteroatoms. The molecule has 0 spiro atoms. The van der Waals surface area contributed by atoms with Crippen molar-refractivity contribution in [2.45, 2.75) is 20.0 Å². The molecule has 0 unspecified atom stereocenters. The number of hydrogen-bond acceptors (Lipinski definition) is 3. The second kappa shape index (κ2) is 4.29. The van der Waals surface area contributed by atoms with Crippen LogP contribution in [-0.4, -0.2) is 18.7 Å². The fourth-order valence-corrected chi connectivity index (χ4v) is 0.356. The van der Waals surface area contributed by atoms with E-state index in [9.17, 15) is 4.79 Å². The van der Waals surface area contributed by atoms with Crippen molar-refractivity contribution in [1.29, 1.82) is 0 Å². The summed E-state index contributed by atoms with van der Waals surface area (Å²) in [6.07, 6.45) is -0.132. The Morgan fingerprint density at radius 1 is 1.67 bits per heavy atom. The topological polar surface area (TPSA) is 59.3 Å². The van der Waals surface area contributed by atoms with E-state index >= 15 is 0 Å². The molecule has 4 nitrogen and oxygen atoms in total. The van der Waals surface area contributed by atoms with Crippen LogP contribution in [0.4, 0.5) is 0 Å². The zero-order valence-corrected chi connectivity index (χ0v) is 5.51. The first-order valence-electron chi connectivity index (χ1n) is 2.65. The van der Waals surface area contributed by atoms with Crippen LogP contribution in [0.3, 0.4) is 0 Å². The van der Waals surface area contributed by atoms with Crippen molar-refractivity contribution in [3.63, 3.8) is 0 Å². The van der Waals surface area contributed by atoms with E-state index in [2.05, 4.69) is 9.57 Å². The van der Waals surface area contributed by atoms with Gasteiger partial charge in [-0.3, -0.25) is 4.84 Å². The summed E-state index contributed by atoms with van der Waals surface area (Å²) < 4.78 is 4.61. The van der Waals surface area contributed by atoms with Crippen LogP contribution in [0.15, 0.2) is 0 Å². The molecule has 0 amide bonds. The standard InChI is InChI=1S/C5H10NO3/c1-4(2)9-5(7)3-8-6/h4,6H,3H2,1-2H3. The predicted molar refractivity (Wildman–Crippen MR) is 30.3 cm³/mol. The van der Waals surface area contributed by atoms with Crippen LogP contribution < -0.4 is 5.90 Å². The van der Waals surface area contributed by atoms with E-state index in [4.69, 9.17) is 5.90 Å². The van der Waals surface area contributed by atoms with Crippen molar-refractivity contribution in [2.24, 2.45) is 0 Å². The molecule has 0 aliphatic rings. The Bertz CT molecular complexity index is 92.2. The quantitative estimate of drug-likeness (QED) is 0.405. The molecule has 9 heavy (non-hydrogen) atoms. The first-order chi connectivity index (χ1) is 4.16. The van der Waals surface area contributed by atoms with Crippen molar-refractivity contribution < 1.29 is 14.4 Å². The van der Waals surface area contributed by atoms with Gasteiger partial charge in [0.15, 0.2) is 6.61 Å². The maximum atomic E-state index is 10.4. The van der Waals surface area contributed by atoms with Gasteiger partial charge in [0, 0.05) is 0 Å². The normalized spacial score (nSPS) is 9.78. The summed E-state index contributed by atoms with van der Waals surface area (Å²) in [6, 6.07) is 0. The fourth-order valence-electron chi connectivity index (χ4n) is 0.356. The summed E-state index contributed by atoms with van der Waals surface area (Å²) in [4.78, 5) is 14.2. The molecule has 0 aliphatic heterocycles. The first-order valence-corrected chi connectivity index (χ1v) is 2.65. The van der Waals surface area contributed by atoms with Gasteiger partial charge in [-0.1, -0.05) is 0 Å². The second-order valence-electron chi connectivity index (χ2n) is 1.83. The Balaban J connectivity index is 3.27. The van der Waals surface area contributed by atoms with Crippen molar-refractivity contribution in [3.05, 3.63) is 0 Å². The van der Waals surface area contributed by atoms with Gasteiger partial charge < -0.3 is 4.74 Å². The molecule has 0 rings (SSSR count). The highest BCUT2D eigenvalue weighted by Gasteiger charge is 2.03. The van der Waals surface area contributed by atoms with Crippen LogP contribution in [-0.2, 0) is 14.4 Å². The molecule has 0 heterocycles. The maximum Gasteiger partial charge on any atom is 0.334 e. The summed E-state index contributed by atoms with van der Waals surface area (Å²) in [5.41, 5.74) is 0. The lowest BCUT2D eigenvalue weighted by Crippen LogP contribution is -2.16. The van der Waals surface area contributed by atoms with E-state index < -0.39 is 5.97 Å². The Kier molecular flexibility index (Phi) is 4.00. The van der Waals surface area contributed by atoms with Crippen LogP contribution >= 0.6 is 0 Å². The summed E-state index contributed by atoms with van der Waals surface area (Å²) in [6.45, 7) is 3.18. The molecular weight excluding hydrogens is 122 g/mol. The highest BCUT2D eigenvalue weighted by atomic mass is 16.6. The molecule has 53 valence electrons. The number of carbonyl (C=O) groups excluding carboxylic acids is 1. The summed E-state index contributed by atoms with van der Waals surface area (Å²) in [5.74, 6) is 5.68. The number of hydrogen-bond donors (Lipinski definition) is 0. The van der Waals surface area contributed by atoms with Crippen molar-refractivity contribution >= 4 is 5.97 Å². The summed E-state index contributed by atoms with van der Waals surface area (Å²) in [7, 11) is 0. The molecular formula is C5H10NO3. The lowest BCUT2D eigenvalue weighted by atomic mass is 10.5. The molecule has 0 saturated heterocycles. The average molecular weight is 132 g/mol. The van der Waals surface area contributed by atoms with Gasteiger partial charge >= 0.3 is 5.97 Å². The maximum absolute atomic E-state index is 10.4. The third-order valence-corrected chi connectivity index (χ3v) is 0.557. The minimum absolute atomic E-state index is 0.132. The molecule has 0 bridgehead atoms. The van der Waals surface area contributed by atoms with Crippen LogP contribution in [0, 0.1) is 0 Å². The first kappa shape index (κ1) is 8.39. The Hall–Kier alpha value is -0.610. The van der Waals surface area contributed by atoms with E-state index in [1.54, 1.807) is 13.8 Å². The third-order valence-electron chi connectivity index (χ3n) is 0.557. The van der Waals surface area contributed by atoms with Crippen molar-refractivity contribution in [1.82, 2.24) is 5.90 Å². The molecule has 0 aromatic carbocycles. The predicted octanol–water partition coefficient (Wildman–Crippen LogP) is 0.152. The average Bonchev–Trinajstić information content (AvgIpc) is 1.63. The van der Waals surface area contributed by atoms with Gasteiger partial charge in [-0.25, -0.2) is 4.79 Å². The van der Waals surface area contributed by atoms with Crippen LogP contribution in [0.25, 0.3) is 0 Å². The minimum atomic E-state index is -0.500. The number of esters is 1.